The summed E-state index contributed by atoms with van der Waals surface area (Å²) in [5.74, 6) is 0. The molecule has 2 aliphatic heterocycles. The number of rotatable bonds is 2. The number of piperazine rings is 1. The Kier molecular flexibility index (Phi) is 3.75. The van der Waals surface area contributed by atoms with Gasteiger partial charge in [0.25, 0.3) is 0 Å². The number of benzene rings is 1. The lowest BCUT2D eigenvalue weighted by Crippen LogP contribution is -2.70. The molecule has 3 N–H and O–H groups in total. The number of anilines is 1. The van der Waals surface area contributed by atoms with Crippen molar-refractivity contribution in [2.75, 3.05) is 31.1 Å². The molecule has 6 nitrogen and oxygen atoms in total. The minimum Gasteiger partial charge on any atom is -0.369 e. The molecule has 6 heteroatoms. The number of nitrogens with zero attached hydrogens (tertiary/aromatic N) is 2. The first-order valence-electron chi connectivity index (χ1n) is 7.10. The van der Waals surface area contributed by atoms with Crippen LogP contribution in [0.4, 0.5) is 10.5 Å². The van der Waals surface area contributed by atoms with Crippen LogP contribution in [-0.2, 0) is 0 Å². The number of nitrogens with one attached hydrogen (secondary N) is 3. The van der Waals surface area contributed by atoms with Crippen LogP contribution in [0.2, 0.25) is 0 Å². The van der Waals surface area contributed by atoms with Gasteiger partial charge in [-0.25, -0.2) is 10.2 Å². The third-order valence-corrected chi connectivity index (χ3v) is 3.99. The summed E-state index contributed by atoms with van der Waals surface area (Å²) in [6, 6.07) is 10.5. The zero-order valence-electron chi connectivity index (χ0n) is 11.7. The van der Waals surface area contributed by atoms with Crippen molar-refractivity contribution in [1.82, 2.24) is 21.1 Å². The number of carbonyl (C=O) groups is 1. The van der Waals surface area contributed by atoms with Gasteiger partial charge in [0.05, 0.1) is 6.04 Å². The van der Waals surface area contributed by atoms with Crippen LogP contribution < -0.4 is 21.1 Å². The van der Waals surface area contributed by atoms with E-state index >= 15 is 0 Å². The van der Waals surface area contributed by atoms with Crippen LogP contribution in [0.5, 0.6) is 0 Å². The van der Waals surface area contributed by atoms with E-state index < -0.39 is 0 Å². The average molecular weight is 275 g/mol. The fourth-order valence-electron chi connectivity index (χ4n) is 2.86. The van der Waals surface area contributed by atoms with Gasteiger partial charge in [0, 0.05) is 31.9 Å². The summed E-state index contributed by atoms with van der Waals surface area (Å²) in [5, 5.41) is 2.99. The van der Waals surface area contributed by atoms with E-state index in [1.54, 1.807) is 0 Å². The van der Waals surface area contributed by atoms with Crippen molar-refractivity contribution in [3.63, 3.8) is 0 Å². The molecule has 2 aliphatic rings. The zero-order chi connectivity index (χ0) is 13.9. The highest BCUT2D eigenvalue weighted by molar-refractivity contribution is 5.74. The fourth-order valence-corrected chi connectivity index (χ4v) is 2.86. The molecule has 2 amide bonds. The van der Waals surface area contributed by atoms with E-state index in [4.69, 9.17) is 0 Å². The van der Waals surface area contributed by atoms with Gasteiger partial charge in [-0.2, -0.15) is 0 Å². The van der Waals surface area contributed by atoms with Gasteiger partial charge in [0.1, 0.15) is 6.17 Å². The van der Waals surface area contributed by atoms with E-state index in [1.165, 1.54) is 5.69 Å². The summed E-state index contributed by atoms with van der Waals surface area (Å²) in [7, 11) is 0. The second kappa shape index (κ2) is 5.68. The summed E-state index contributed by atoms with van der Waals surface area (Å²) in [6.07, 6.45) is 0.0571. The quantitative estimate of drug-likeness (QED) is 0.728. The number of amides is 2. The van der Waals surface area contributed by atoms with E-state index in [1.807, 2.05) is 6.07 Å². The fraction of sp³-hybridized carbons (Fsp3) is 0.500. The summed E-state index contributed by atoms with van der Waals surface area (Å²) in [6.45, 7) is 5.94. The Morgan fingerprint density at radius 3 is 2.50 bits per heavy atom. The number of hydrazine groups is 1. The van der Waals surface area contributed by atoms with Crippen LogP contribution in [0.1, 0.15) is 6.92 Å². The van der Waals surface area contributed by atoms with Crippen LogP contribution >= 0.6 is 0 Å². The maximum absolute atomic E-state index is 11.4. The van der Waals surface area contributed by atoms with E-state index in [2.05, 4.69) is 57.2 Å². The third kappa shape index (κ3) is 2.71. The van der Waals surface area contributed by atoms with E-state index in [0.717, 1.165) is 26.2 Å². The Hall–Kier alpha value is -1.79. The molecule has 2 heterocycles. The monoisotopic (exact) mass is 275 g/mol. The predicted octanol–water partition coefficient (Wildman–Crippen LogP) is 0.341. The SMILES string of the molecule is CC1NNC(=O)NC1N1CCN(c2ccccc2)CC1. The van der Waals surface area contributed by atoms with Gasteiger partial charge in [-0.15, -0.1) is 0 Å². The summed E-state index contributed by atoms with van der Waals surface area (Å²) in [5.41, 5.74) is 6.87. The highest BCUT2D eigenvalue weighted by atomic mass is 16.2. The highest BCUT2D eigenvalue weighted by Crippen LogP contribution is 2.17. The van der Waals surface area contributed by atoms with Crippen LogP contribution in [0.15, 0.2) is 30.3 Å². The average Bonchev–Trinajstić information content (AvgIpc) is 2.51. The standard InChI is InChI=1S/C14H21N5O/c1-11-13(15-14(20)17-16-11)19-9-7-18(8-10-19)12-5-3-2-4-6-12/h2-6,11,13,16H,7-10H2,1H3,(H2,15,17,20). The maximum Gasteiger partial charge on any atom is 0.330 e. The third-order valence-electron chi connectivity index (χ3n) is 3.99. The van der Waals surface area contributed by atoms with Gasteiger partial charge in [0.2, 0.25) is 0 Å². The minimum absolute atomic E-state index is 0.0571. The first-order chi connectivity index (χ1) is 9.74. The molecule has 2 fully saturated rings. The molecule has 0 saturated carbocycles. The molecule has 0 radical (unpaired) electrons. The lowest BCUT2D eigenvalue weighted by molar-refractivity contribution is 0.106. The molecular formula is C14H21N5O. The number of urea groups is 1. The molecule has 0 bridgehead atoms. The zero-order valence-corrected chi connectivity index (χ0v) is 11.7. The van der Waals surface area contributed by atoms with Crippen molar-refractivity contribution in [3.05, 3.63) is 30.3 Å². The Balaban J connectivity index is 1.59. The van der Waals surface area contributed by atoms with Crippen molar-refractivity contribution in [1.29, 1.82) is 0 Å². The summed E-state index contributed by atoms with van der Waals surface area (Å²) >= 11 is 0. The number of hydrogen-bond donors (Lipinski definition) is 3. The second-order valence-corrected chi connectivity index (χ2v) is 5.33. The second-order valence-electron chi connectivity index (χ2n) is 5.33. The molecule has 2 atom stereocenters. The molecule has 1 aromatic rings. The van der Waals surface area contributed by atoms with Crippen LogP contribution in [0, 0.1) is 0 Å². The van der Waals surface area contributed by atoms with Crippen molar-refractivity contribution in [3.8, 4) is 0 Å². The summed E-state index contributed by atoms with van der Waals surface area (Å²) < 4.78 is 0. The van der Waals surface area contributed by atoms with E-state index in [0.29, 0.717) is 0 Å². The van der Waals surface area contributed by atoms with E-state index in [-0.39, 0.29) is 18.2 Å². The molecule has 2 saturated heterocycles. The molecule has 3 rings (SSSR count). The lowest BCUT2D eigenvalue weighted by atomic mass is 10.1. The minimum atomic E-state index is -0.154. The molecular weight excluding hydrogens is 254 g/mol. The Labute approximate surface area is 119 Å². The predicted molar refractivity (Wildman–Crippen MR) is 78.3 cm³/mol. The van der Waals surface area contributed by atoms with Crippen molar-refractivity contribution in [2.24, 2.45) is 0 Å². The smallest absolute Gasteiger partial charge is 0.330 e. The van der Waals surface area contributed by atoms with Gasteiger partial charge >= 0.3 is 6.03 Å². The molecule has 20 heavy (non-hydrogen) atoms. The van der Waals surface area contributed by atoms with Crippen LogP contribution in [0.3, 0.4) is 0 Å². The normalized spacial score (nSPS) is 27.9. The van der Waals surface area contributed by atoms with Gasteiger partial charge in [-0.05, 0) is 19.1 Å². The first-order valence-corrected chi connectivity index (χ1v) is 7.10. The topological polar surface area (TPSA) is 59.6 Å². The number of hydrogen-bond acceptors (Lipinski definition) is 4. The van der Waals surface area contributed by atoms with Crippen LogP contribution in [0.25, 0.3) is 0 Å². The molecule has 0 spiro atoms. The van der Waals surface area contributed by atoms with Gasteiger partial charge in [-0.1, -0.05) is 18.2 Å². The first kappa shape index (κ1) is 13.2. The maximum atomic E-state index is 11.4. The van der Waals surface area contributed by atoms with Gasteiger partial charge in [-0.3, -0.25) is 10.3 Å². The molecule has 108 valence electrons. The van der Waals surface area contributed by atoms with Gasteiger partial charge < -0.3 is 10.2 Å². The van der Waals surface area contributed by atoms with Gasteiger partial charge in [0.15, 0.2) is 0 Å². The summed E-state index contributed by atoms with van der Waals surface area (Å²) in [4.78, 5) is 16.1. The lowest BCUT2D eigenvalue weighted by Gasteiger charge is -2.44. The van der Waals surface area contributed by atoms with Crippen molar-refractivity contribution < 1.29 is 4.79 Å². The molecule has 0 aliphatic carbocycles. The Morgan fingerprint density at radius 2 is 1.80 bits per heavy atom. The molecule has 1 aromatic carbocycles. The van der Waals surface area contributed by atoms with Crippen molar-refractivity contribution >= 4 is 11.7 Å². The highest BCUT2D eigenvalue weighted by Gasteiger charge is 2.31. The number of para-hydroxylation sites is 1. The Bertz CT molecular complexity index is 458. The largest absolute Gasteiger partial charge is 0.369 e. The Morgan fingerprint density at radius 1 is 1.10 bits per heavy atom. The molecule has 0 aromatic heterocycles. The van der Waals surface area contributed by atoms with Crippen molar-refractivity contribution in [2.45, 2.75) is 19.1 Å². The molecule has 2 unspecified atom stereocenters. The van der Waals surface area contributed by atoms with E-state index in [9.17, 15) is 4.79 Å². The number of carbonyl (C=O) groups excluding carboxylic acids is 1. The van der Waals surface area contributed by atoms with Crippen LogP contribution in [-0.4, -0.2) is 49.3 Å².